The molecule has 3 heteroatoms. The largest absolute Gasteiger partial charge is 0.496 e. The molecule has 0 radical (unpaired) electrons. The quantitative estimate of drug-likeness (QED) is 0.870. The number of rotatable bonds is 4. The summed E-state index contributed by atoms with van der Waals surface area (Å²) in [4.78, 5) is 4.42. The molecule has 1 aromatic rings. The van der Waals surface area contributed by atoms with Gasteiger partial charge in [0, 0.05) is 29.4 Å². The molecule has 0 bridgehead atoms. The molecule has 0 aromatic carbocycles. The fourth-order valence-corrected chi connectivity index (χ4v) is 2.51. The van der Waals surface area contributed by atoms with Crippen LogP contribution in [0.25, 0.3) is 0 Å². The molecule has 94 valence electrons. The van der Waals surface area contributed by atoms with E-state index in [0.717, 1.165) is 29.0 Å². The Morgan fingerprint density at radius 2 is 2.18 bits per heavy atom. The van der Waals surface area contributed by atoms with E-state index in [4.69, 9.17) is 4.74 Å². The average molecular weight is 235 g/mol. The first-order valence-corrected chi connectivity index (χ1v) is 6.21. The minimum atomic E-state index is -0.261. The van der Waals surface area contributed by atoms with Gasteiger partial charge in [0.2, 0.25) is 0 Å². The van der Waals surface area contributed by atoms with Crippen molar-refractivity contribution < 1.29 is 9.84 Å². The molecular weight excluding hydrogens is 214 g/mol. The highest BCUT2D eigenvalue weighted by atomic mass is 16.5. The highest BCUT2D eigenvalue weighted by molar-refractivity contribution is 5.41. The van der Waals surface area contributed by atoms with Gasteiger partial charge in [-0.2, -0.15) is 0 Å². The molecule has 3 unspecified atom stereocenters. The molecule has 2 rings (SSSR count). The second-order valence-electron chi connectivity index (χ2n) is 5.19. The number of hydrogen-bond acceptors (Lipinski definition) is 3. The minimum Gasteiger partial charge on any atom is -0.496 e. The second-order valence-corrected chi connectivity index (χ2v) is 5.19. The molecular formula is C14H21NO2. The molecule has 1 aromatic heterocycles. The van der Waals surface area contributed by atoms with E-state index in [9.17, 15) is 5.11 Å². The summed E-state index contributed by atoms with van der Waals surface area (Å²) >= 11 is 0. The third-order valence-corrected chi connectivity index (χ3v) is 3.82. The van der Waals surface area contributed by atoms with Crippen molar-refractivity contribution in [3.8, 4) is 5.75 Å². The van der Waals surface area contributed by atoms with Crippen LogP contribution in [0.4, 0.5) is 0 Å². The van der Waals surface area contributed by atoms with Crippen LogP contribution >= 0.6 is 0 Å². The van der Waals surface area contributed by atoms with Crippen LogP contribution in [0.5, 0.6) is 5.75 Å². The second kappa shape index (κ2) is 4.65. The summed E-state index contributed by atoms with van der Waals surface area (Å²) in [5, 5.41) is 10.1. The lowest BCUT2D eigenvalue weighted by Crippen LogP contribution is -2.16. The van der Waals surface area contributed by atoms with Crippen molar-refractivity contribution in [1.82, 2.24) is 4.98 Å². The molecule has 1 saturated carbocycles. The van der Waals surface area contributed by atoms with Crippen LogP contribution in [-0.2, 0) is 6.42 Å². The summed E-state index contributed by atoms with van der Waals surface area (Å²) in [6, 6.07) is 0. The first kappa shape index (κ1) is 12.4. The molecule has 0 saturated heterocycles. The SMILES string of the molecule is COc1c(C)cnc(CC(O)C2CC2C)c1C. The molecule has 1 aliphatic rings. The first-order valence-electron chi connectivity index (χ1n) is 6.21. The van der Waals surface area contributed by atoms with Crippen LogP contribution in [0.2, 0.25) is 0 Å². The third-order valence-electron chi connectivity index (χ3n) is 3.82. The molecule has 3 atom stereocenters. The average Bonchev–Trinajstić information content (AvgIpc) is 3.00. The van der Waals surface area contributed by atoms with Gasteiger partial charge in [-0.05, 0) is 32.1 Å². The summed E-state index contributed by atoms with van der Waals surface area (Å²) in [7, 11) is 1.68. The standard InChI is InChI=1S/C14H21NO2/c1-8-5-11(8)13(16)6-12-10(3)14(17-4)9(2)7-15-12/h7-8,11,13,16H,5-6H2,1-4H3. The summed E-state index contributed by atoms with van der Waals surface area (Å²) < 4.78 is 5.37. The fourth-order valence-electron chi connectivity index (χ4n) is 2.51. The molecule has 17 heavy (non-hydrogen) atoms. The van der Waals surface area contributed by atoms with Crippen LogP contribution in [-0.4, -0.2) is 23.3 Å². The topological polar surface area (TPSA) is 42.4 Å². The number of aliphatic hydroxyl groups excluding tert-OH is 1. The number of aryl methyl sites for hydroxylation is 1. The maximum atomic E-state index is 10.1. The predicted molar refractivity (Wildman–Crippen MR) is 67.2 cm³/mol. The number of nitrogens with zero attached hydrogens (tertiary/aromatic N) is 1. The van der Waals surface area contributed by atoms with Gasteiger partial charge in [-0.15, -0.1) is 0 Å². The van der Waals surface area contributed by atoms with E-state index in [-0.39, 0.29) is 6.10 Å². The molecule has 0 amide bonds. The smallest absolute Gasteiger partial charge is 0.128 e. The van der Waals surface area contributed by atoms with Crippen molar-refractivity contribution in [2.24, 2.45) is 11.8 Å². The van der Waals surface area contributed by atoms with Crippen molar-refractivity contribution >= 4 is 0 Å². The molecule has 3 nitrogen and oxygen atoms in total. The van der Waals surface area contributed by atoms with E-state index in [1.54, 1.807) is 7.11 Å². The van der Waals surface area contributed by atoms with Crippen molar-refractivity contribution in [2.75, 3.05) is 7.11 Å². The summed E-state index contributed by atoms with van der Waals surface area (Å²) in [6.45, 7) is 6.18. The summed E-state index contributed by atoms with van der Waals surface area (Å²) in [5.41, 5.74) is 3.06. The fraction of sp³-hybridized carbons (Fsp3) is 0.643. The van der Waals surface area contributed by atoms with Crippen molar-refractivity contribution in [3.63, 3.8) is 0 Å². The Balaban J connectivity index is 2.16. The Labute approximate surface area is 103 Å². The van der Waals surface area contributed by atoms with Crippen molar-refractivity contribution in [1.29, 1.82) is 0 Å². The monoisotopic (exact) mass is 235 g/mol. The van der Waals surface area contributed by atoms with E-state index in [2.05, 4.69) is 11.9 Å². The first-order chi connectivity index (χ1) is 8.04. The normalized spacial score (nSPS) is 24.5. The van der Waals surface area contributed by atoms with E-state index in [1.165, 1.54) is 0 Å². The summed E-state index contributed by atoms with van der Waals surface area (Å²) in [6.07, 6.45) is 3.34. The maximum Gasteiger partial charge on any atom is 0.128 e. The van der Waals surface area contributed by atoms with E-state index in [1.807, 2.05) is 20.0 Å². The molecule has 1 heterocycles. The Hall–Kier alpha value is -1.09. The van der Waals surface area contributed by atoms with Crippen LogP contribution < -0.4 is 4.74 Å². The van der Waals surface area contributed by atoms with Crippen LogP contribution in [0.3, 0.4) is 0 Å². The van der Waals surface area contributed by atoms with Gasteiger partial charge in [-0.1, -0.05) is 6.92 Å². The number of aromatic nitrogens is 1. The molecule has 1 fully saturated rings. The Bertz CT molecular complexity index is 417. The molecule has 0 spiro atoms. The van der Waals surface area contributed by atoms with Gasteiger partial charge in [0.15, 0.2) is 0 Å². The summed E-state index contributed by atoms with van der Waals surface area (Å²) in [5.74, 6) is 2.02. The Morgan fingerprint density at radius 1 is 1.53 bits per heavy atom. The van der Waals surface area contributed by atoms with Crippen LogP contribution in [0, 0.1) is 25.7 Å². The highest BCUT2D eigenvalue weighted by Gasteiger charge is 2.38. The molecule has 0 aliphatic heterocycles. The number of pyridine rings is 1. The number of hydrogen-bond donors (Lipinski definition) is 1. The molecule has 1 N–H and O–H groups in total. The lowest BCUT2D eigenvalue weighted by molar-refractivity contribution is 0.145. The van der Waals surface area contributed by atoms with Gasteiger partial charge in [0.05, 0.1) is 13.2 Å². The van der Waals surface area contributed by atoms with Crippen LogP contribution in [0.15, 0.2) is 6.20 Å². The van der Waals surface area contributed by atoms with Crippen LogP contribution in [0.1, 0.15) is 30.2 Å². The number of aliphatic hydroxyl groups is 1. The van der Waals surface area contributed by atoms with Crippen molar-refractivity contribution in [2.45, 2.75) is 39.7 Å². The van der Waals surface area contributed by atoms with E-state index >= 15 is 0 Å². The zero-order chi connectivity index (χ0) is 12.6. The maximum absolute atomic E-state index is 10.1. The van der Waals surface area contributed by atoms with Gasteiger partial charge in [0.1, 0.15) is 5.75 Å². The number of ether oxygens (including phenoxy) is 1. The Kier molecular flexibility index (Phi) is 3.38. The van der Waals surface area contributed by atoms with Gasteiger partial charge in [0.25, 0.3) is 0 Å². The molecule has 1 aliphatic carbocycles. The van der Waals surface area contributed by atoms with E-state index in [0.29, 0.717) is 18.3 Å². The Morgan fingerprint density at radius 3 is 2.71 bits per heavy atom. The zero-order valence-corrected chi connectivity index (χ0v) is 11.0. The van der Waals surface area contributed by atoms with E-state index < -0.39 is 0 Å². The number of methoxy groups -OCH3 is 1. The van der Waals surface area contributed by atoms with Gasteiger partial charge < -0.3 is 9.84 Å². The minimum absolute atomic E-state index is 0.261. The van der Waals surface area contributed by atoms with Gasteiger partial charge in [-0.3, -0.25) is 4.98 Å². The lowest BCUT2D eigenvalue weighted by Gasteiger charge is -2.15. The van der Waals surface area contributed by atoms with Gasteiger partial charge >= 0.3 is 0 Å². The highest BCUT2D eigenvalue weighted by Crippen LogP contribution is 2.41. The van der Waals surface area contributed by atoms with Crippen molar-refractivity contribution in [3.05, 3.63) is 23.0 Å². The van der Waals surface area contributed by atoms with Gasteiger partial charge in [-0.25, -0.2) is 0 Å². The third kappa shape index (κ3) is 2.44. The lowest BCUT2D eigenvalue weighted by atomic mass is 10.0. The predicted octanol–water partition coefficient (Wildman–Crippen LogP) is 2.27. The zero-order valence-electron chi connectivity index (χ0n) is 11.0.